The third-order valence-electron chi connectivity index (χ3n) is 4.94. The molecule has 2 aromatic carbocycles. The van der Waals surface area contributed by atoms with E-state index in [1.165, 1.54) is 0 Å². The minimum absolute atomic E-state index is 0.0116. The van der Waals surface area contributed by atoms with E-state index in [0.717, 1.165) is 5.56 Å². The second-order valence-corrected chi connectivity index (χ2v) is 6.96. The van der Waals surface area contributed by atoms with Crippen LogP contribution in [0.1, 0.15) is 33.2 Å². The molecule has 152 valence electrons. The molecule has 0 unspecified atom stereocenters. The molecular weight excluding hydrogens is 368 g/mol. The van der Waals surface area contributed by atoms with Crippen molar-refractivity contribution < 1.29 is 14.4 Å². The lowest BCUT2D eigenvalue weighted by molar-refractivity contribution is 0.0671. The molecule has 29 heavy (non-hydrogen) atoms. The number of hydrogen-bond donors (Lipinski definition) is 2. The number of carbonyl (C=O) groups excluding carboxylic acids is 3. The number of piperazine rings is 1. The minimum atomic E-state index is -0.203. The highest BCUT2D eigenvalue weighted by molar-refractivity contribution is 5.96. The Hall–Kier alpha value is -3.35. The van der Waals surface area contributed by atoms with Crippen LogP contribution in [-0.2, 0) is 0 Å². The molecule has 0 aromatic heterocycles. The zero-order valence-corrected chi connectivity index (χ0v) is 16.8. The number of urea groups is 1. The van der Waals surface area contributed by atoms with Gasteiger partial charge in [0.2, 0.25) is 0 Å². The predicted octanol–water partition coefficient (Wildman–Crippen LogP) is 2.73. The zero-order valence-electron chi connectivity index (χ0n) is 16.8. The summed E-state index contributed by atoms with van der Waals surface area (Å²) in [6.45, 7) is 6.23. The lowest BCUT2D eigenvalue weighted by atomic mass is 10.1. The molecule has 0 atom stereocenters. The van der Waals surface area contributed by atoms with Crippen LogP contribution in [0.25, 0.3) is 0 Å². The van der Waals surface area contributed by atoms with Gasteiger partial charge in [0.15, 0.2) is 0 Å². The Balaban J connectivity index is 1.56. The van der Waals surface area contributed by atoms with Crippen molar-refractivity contribution in [3.8, 4) is 0 Å². The molecule has 0 spiro atoms. The van der Waals surface area contributed by atoms with Gasteiger partial charge in [-0.3, -0.25) is 9.59 Å². The highest BCUT2D eigenvalue weighted by atomic mass is 16.2. The third kappa shape index (κ3) is 4.93. The smallest absolute Gasteiger partial charge is 0.321 e. The zero-order chi connectivity index (χ0) is 20.8. The van der Waals surface area contributed by atoms with Gasteiger partial charge in [-0.05, 0) is 49.7 Å². The van der Waals surface area contributed by atoms with Crippen LogP contribution in [0.5, 0.6) is 0 Å². The minimum Gasteiger partial charge on any atom is -0.352 e. The Kier molecular flexibility index (Phi) is 6.49. The van der Waals surface area contributed by atoms with Crippen LogP contribution in [0, 0.1) is 6.92 Å². The number of rotatable bonds is 4. The standard InChI is InChI=1S/C22H26N4O3/c1-3-23-20(27)18-9-10-19(16(2)15-18)24-22(29)26-13-11-25(12-14-26)21(28)17-7-5-4-6-8-17/h4-10,15H,3,11-14H2,1-2H3,(H,23,27)(H,24,29). The normalized spacial score (nSPS) is 13.7. The van der Waals surface area contributed by atoms with Crippen LogP contribution < -0.4 is 10.6 Å². The first-order valence-corrected chi connectivity index (χ1v) is 9.78. The summed E-state index contributed by atoms with van der Waals surface area (Å²) in [7, 11) is 0. The molecule has 1 fully saturated rings. The van der Waals surface area contributed by atoms with Crippen molar-refractivity contribution in [2.24, 2.45) is 0 Å². The molecule has 1 aliphatic heterocycles. The summed E-state index contributed by atoms with van der Waals surface area (Å²) in [6, 6.07) is 14.2. The molecule has 0 aliphatic carbocycles. The summed E-state index contributed by atoms with van der Waals surface area (Å²) in [6.07, 6.45) is 0. The Morgan fingerprint density at radius 2 is 1.55 bits per heavy atom. The van der Waals surface area contributed by atoms with Crippen molar-refractivity contribution in [2.75, 3.05) is 38.0 Å². The molecule has 2 aromatic rings. The van der Waals surface area contributed by atoms with E-state index in [1.54, 1.807) is 40.1 Å². The lowest BCUT2D eigenvalue weighted by Gasteiger charge is -2.34. The van der Waals surface area contributed by atoms with E-state index in [-0.39, 0.29) is 17.8 Å². The molecule has 1 saturated heterocycles. The van der Waals surface area contributed by atoms with Gasteiger partial charge in [-0.1, -0.05) is 18.2 Å². The van der Waals surface area contributed by atoms with E-state index in [1.807, 2.05) is 32.0 Å². The van der Waals surface area contributed by atoms with Crippen molar-refractivity contribution in [1.82, 2.24) is 15.1 Å². The van der Waals surface area contributed by atoms with Crippen LogP contribution in [-0.4, -0.2) is 60.4 Å². The van der Waals surface area contributed by atoms with Gasteiger partial charge < -0.3 is 20.4 Å². The number of carbonyl (C=O) groups is 3. The summed E-state index contributed by atoms with van der Waals surface area (Å²) in [5, 5.41) is 5.66. The molecule has 3 rings (SSSR count). The number of aryl methyl sites for hydroxylation is 1. The van der Waals surface area contributed by atoms with E-state index >= 15 is 0 Å². The molecule has 2 N–H and O–H groups in total. The topological polar surface area (TPSA) is 81.8 Å². The Labute approximate surface area is 170 Å². The summed E-state index contributed by atoms with van der Waals surface area (Å²) in [5.41, 5.74) is 2.72. The summed E-state index contributed by atoms with van der Waals surface area (Å²) in [4.78, 5) is 40.5. The Morgan fingerprint density at radius 1 is 0.897 bits per heavy atom. The molecule has 0 bridgehead atoms. The van der Waals surface area contributed by atoms with Gasteiger partial charge >= 0.3 is 6.03 Å². The van der Waals surface area contributed by atoms with Crippen LogP contribution in [0.15, 0.2) is 48.5 Å². The summed E-state index contributed by atoms with van der Waals surface area (Å²) < 4.78 is 0. The monoisotopic (exact) mass is 394 g/mol. The van der Waals surface area contributed by atoms with Crippen molar-refractivity contribution >= 4 is 23.5 Å². The largest absolute Gasteiger partial charge is 0.352 e. The van der Waals surface area contributed by atoms with Crippen molar-refractivity contribution in [3.05, 3.63) is 65.2 Å². The maximum absolute atomic E-state index is 12.6. The molecule has 0 radical (unpaired) electrons. The number of benzene rings is 2. The maximum Gasteiger partial charge on any atom is 0.321 e. The number of amides is 4. The molecule has 1 aliphatic rings. The highest BCUT2D eigenvalue weighted by Gasteiger charge is 2.25. The molecular formula is C22H26N4O3. The van der Waals surface area contributed by atoms with Gasteiger partial charge in [0.1, 0.15) is 0 Å². The van der Waals surface area contributed by atoms with Gasteiger partial charge in [0.05, 0.1) is 0 Å². The fourth-order valence-electron chi connectivity index (χ4n) is 3.28. The first-order chi connectivity index (χ1) is 14.0. The SMILES string of the molecule is CCNC(=O)c1ccc(NC(=O)N2CCN(C(=O)c3ccccc3)CC2)c(C)c1. The summed E-state index contributed by atoms with van der Waals surface area (Å²) >= 11 is 0. The van der Waals surface area contributed by atoms with Gasteiger partial charge in [-0.2, -0.15) is 0 Å². The van der Waals surface area contributed by atoms with Crippen molar-refractivity contribution in [1.29, 1.82) is 0 Å². The van der Waals surface area contributed by atoms with Crippen LogP contribution in [0.3, 0.4) is 0 Å². The first kappa shape index (κ1) is 20.4. The third-order valence-corrected chi connectivity index (χ3v) is 4.94. The van der Waals surface area contributed by atoms with E-state index in [4.69, 9.17) is 0 Å². The number of nitrogens with one attached hydrogen (secondary N) is 2. The van der Waals surface area contributed by atoms with E-state index in [0.29, 0.717) is 49.5 Å². The number of nitrogens with zero attached hydrogens (tertiary/aromatic N) is 2. The van der Waals surface area contributed by atoms with E-state index < -0.39 is 0 Å². The molecule has 7 nitrogen and oxygen atoms in total. The average Bonchev–Trinajstić information content (AvgIpc) is 2.75. The first-order valence-electron chi connectivity index (χ1n) is 9.78. The van der Waals surface area contributed by atoms with Gasteiger partial charge in [-0.25, -0.2) is 4.79 Å². The van der Waals surface area contributed by atoms with Crippen molar-refractivity contribution in [2.45, 2.75) is 13.8 Å². The highest BCUT2D eigenvalue weighted by Crippen LogP contribution is 2.18. The second-order valence-electron chi connectivity index (χ2n) is 6.96. The van der Waals surface area contributed by atoms with E-state index in [2.05, 4.69) is 10.6 Å². The van der Waals surface area contributed by atoms with Crippen molar-refractivity contribution in [3.63, 3.8) is 0 Å². The predicted molar refractivity (Wildman–Crippen MR) is 112 cm³/mol. The second kappa shape index (κ2) is 9.23. The quantitative estimate of drug-likeness (QED) is 0.837. The fraction of sp³-hybridized carbons (Fsp3) is 0.318. The lowest BCUT2D eigenvalue weighted by Crippen LogP contribution is -2.51. The van der Waals surface area contributed by atoms with E-state index in [9.17, 15) is 14.4 Å². The fourth-order valence-corrected chi connectivity index (χ4v) is 3.28. The average molecular weight is 394 g/mol. The number of hydrogen-bond acceptors (Lipinski definition) is 3. The Morgan fingerprint density at radius 3 is 2.17 bits per heavy atom. The molecule has 0 saturated carbocycles. The van der Waals surface area contributed by atoms with Gasteiger partial charge in [0, 0.05) is 49.5 Å². The number of anilines is 1. The molecule has 1 heterocycles. The van der Waals surface area contributed by atoms with Crippen LogP contribution in [0.2, 0.25) is 0 Å². The Bertz CT molecular complexity index is 890. The van der Waals surface area contributed by atoms with Crippen LogP contribution >= 0.6 is 0 Å². The maximum atomic E-state index is 12.6. The summed E-state index contributed by atoms with van der Waals surface area (Å²) in [5.74, 6) is -0.143. The van der Waals surface area contributed by atoms with Gasteiger partial charge in [0.25, 0.3) is 11.8 Å². The van der Waals surface area contributed by atoms with Gasteiger partial charge in [-0.15, -0.1) is 0 Å². The molecule has 4 amide bonds. The molecule has 7 heteroatoms. The van der Waals surface area contributed by atoms with Crippen LogP contribution in [0.4, 0.5) is 10.5 Å².